The summed E-state index contributed by atoms with van der Waals surface area (Å²) in [5.41, 5.74) is -0.472. The normalized spacial score (nSPS) is 26.2. The van der Waals surface area contributed by atoms with Crippen LogP contribution in [-0.2, 0) is 16.0 Å². The van der Waals surface area contributed by atoms with E-state index in [-0.39, 0.29) is 6.61 Å². The molecule has 144 valence electrons. The fourth-order valence-electron chi connectivity index (χ4n) is 3.60. The number of rotatable bonds is 4. The number of carbonyl (C=O) groups is 1. The van der Waals surface area contributed by atoms with Gasteiger partial charge in [0.25, 0.3) is 0 Å². The van der Waals surface area contributed by atoms with E-state index in [1.54, 1.807) is 6.92 Å². The van der Waals surface area contributed by atoms with Gasteiger partial charge < -0.3 is 24.2 Å². The van der Waals surface area contributed by atoms with Crippen molar-refractivity contribution in [2.45, 2.75) is 57.3 Å². The Labute approximate surface area is 155 Å². The summed E-state index contributed by atoms with van der Waals surface area (Å²) in [6.07, 6.45) is 2.52. The van der Waals surface area contributed by atoms with Crippen molar-refractivity contribution in [2.75, 3.05) is 26.8 Å². The number of methoxy groups -OCH3 is 1. The molecule has 2 atom stereocenters. The molecule has 1 aromatic carbocycles. The second-order valence-electron chi connectivity index (χ2n) is 7.98. The fourth-order valence-corrected chi connectivity index (χ4v) is 3.60. The predicted molar refractivity (Wildman–Crippen MR) is 97.6 cm³/mol. The van der Waals surface area contributed by atoms with Gasteiger partial charge in [0.1, 0.15) is 6.61 Å². The van der Waals surface area contributed by atoms with Gasteiger partial charge in [-0.2, -0.15) is 0 Å². The first kappa shape index (κ1) is 19.0. The molecule has 1 fully saturated rings. The van der Waals surface area contributed by atoms with E-state index in [0.717, 1.165) is 32.4 Å². The summed E-state index contributed by atoms with van der Waals surface area (Å²) in [6, 6.07) is 6.25. The summed E-state index contributed by atoms with van der Waals surface area (Å²) in [5, 5.41) is 10.1. The summed E-state index contributed by atoms with van der Waals surface area (Å²) in [4.78, 5) is 14.3. The number of aliphatic hydroxyl groups is 1. The maximum Gasteiger partial charge on any atom is 0.353 e. The van der Waals surface area contributed by atoms with Crippen LogP contribution in [-0.4, -0.2) is 60.0 Å². The average molecular weight is 363 g/mol. The first-order chi connectivity index (χ1) is 12.2. The van der Waals surface area contributed by atoms with Gasteiger partial charge in [0, 0.05) is 19.1 Å². The highest BCUT2D eigenvalue weighted by Crippen LogP contribution is 2.37. The van der Waals surface area contributed by atoms with Crippen LogP contribution in [0.5, 0.6) is 11.5 Å². The molecule has 2 aliphatic rings. The molecule has 2 heterocycles. The van der Waals surface area contributed by atoms with Crippen molar-refractivity contribution in [3.05, 3.63) is 23.8 Å². The Morgan fingerprint density at radius 1 is 1.31 bits per heavy atom. The Kier molecular flexibility index (Phi) is 5.17. The average Bonchev–Trinajstić information content (AvgIpc) is 2.61. The zero-order valence-corrected chi connectivity index (χ0v) is 16.1. The second kappa shape index (κ2) is 7.08. The number of hydrogen-bond donors (Lipinski definition) is 1. The van der Waals surface area contributed by atoms with Crippen molar-refractivity contribution < 1.29 is 24.1 Å². The van der Waals surface area contributed by atoms with E-state index in [2.05, 4.69) is 11.8 Å². The Balaban J connectivity index is 1.64. The molecular weight excluding hydrogens is 334 g/mol. The summed E-state index contributed by atoms with van der Waals surface area (Å²) in [5.74, 6) is 0.786. The van der Waals surface area contributed by atoms with Gasteiger partial charge >= 0.3 is 5.97 Å². The summed E-state index contributed by atoms with van der Waals surface area (Å²) >= 11 is 0. The van der Waals surface area contributed by atoms with Crippen molar-refractivity contribution in [3.8, 4) is 11.5 Å². The number of hydrogen-bond acceptors (Lipinski definition) is 6. The molecule has 2 unspecified atom stereocenters. The third-order valence-corrected chi connectivity index (χ3v) is 5.49. The molecule has 1 N–H and O–H groups in total. The van der Waals surface area contributed by atoms with Crippen molar-refractivity contribution in [1.29, 1.82) is 0 Å². The fraction of sp³-hybridized carbons (Fsp3) is 0.650. The number of fused-ring (bicyclic) bond motifs is 1. The lowest BCUT2D eigenvalue weighted by atomic mass is 9.92. The van der Waals surface area contributed by atoms with Crippen molar-refractivity contribution in [1.82, 2.24) is 4.90 Å². The number of piperidine rings is 1. The SMILES string of the molecule is COC(=O)C1(C)COc2cc(CC(C)N3CCC(C)(O)CC3)ccc2O1. The van der Waals surface area contributed by atoms with Gasteiger partial charge in [0.2, 0.25) is 5.60 Å². The first-order valence-electron chi connectivity index (χ1n) is 9.22. The van der Waals surface area contributed by atoms with Crippen LogP contribution in [0.3, 0.4) is 0 Å². The van der Waals surface area contributed by atoms with E-state index in [4.69, 9.17) is 14.2 Å². The van der Waals surface area contributed by atoms with Gasteiger partial charge in [-0.3, -0.25) is 0 Å². The van der Waals surface area contributed by atoms with Crippen LogP contribution < -0.4 is 9.47 Å². The molecule has 2 aliphatic heterocycles. The highest BCUT2D eigenvalue weighted by molar-refractivity contribution is 5.80. The lowest BCUT2D eigenvalue weighted by Crippen LogP contribution is -2.49. The maximum atomic E-state index is 11.9. The molecule has 0 spiro atoms. The number of nitrogens with zero attached hydrogens (tertiary/aromatic N) is 1. The van der Waals surface area contributed by atoms with Crippen LogP contribution in [0.2, 0.25) is 0 Å². The zero-order chi connectivity index (χ0) is 18.9. The predicted octanol–water partition coefficient (Wildman–Crippen LogP) is 2.17. The van der Waals surface area contributed by atoms with Gasteiger partial charge in [-0.25, -0.2) is 4.79 Å². The molecule has 1 saturated heterocycles. The number of ether oxygens (including phenoxy) is 3. The third kappa shape index (κ3) is 3.96. The third-order valence-electron chi connectivity index (χ3n) is 5.49. The van der Waals surface area contributed by atoms with Crippen molar-refractivity contribution >= 4 is 5.97 Å². The van der Waals surface area contributed by atoms with Gasteiger partial charge in [-0.05, 0) is 57.7 Å². The molecular formula is C20H29NO5. The van der Waals surface area contributed by atoms with Crippen LogP contribution in [0.1, 0.15) is 39.2 Å². The van der Waals surface area contributed by atoms with Crippen molar-refractivity contribution in [3.63, 3.8) is 0 Å². The molecule has 0 saturated carbocycles. The number of benzene rings is 1. The van der Waals surface area contributed by atoms with Gasteiger partial charge in [-0.15, -0.1) is 0 Å². The molecule has 6 heteroatoms. The van der Waals surface area contributed by atoms with E-state index in [1.807, 2.05) is 25.1 Å². The molecule has 0 bridgehead atoms. The molecule has 1 aromatic rings. The van der Waals surface area contributed by atoms with Gasteiger partial charge in [0.05, 0.1) is 12.7 Å². The largest absolute Gasteiger partial charge is 0.485 e. The van der Waals surface area contributed by atoms with E-state index < -0.39 is 17.2 Å². The second-order valence-corrected chi connectivity index (χ2v) is 7.98. The topological polar surface area (TPSA) is 68.2 Å². The number of carbonyl (C=O) groups excluding carboxylic acids is 1. The van der Waals surface area contributed by atoms with E-state index >= 15 is 0 Å². The van der Waals surface area contributed by atoms with Crippen LogP contribution in [0.4, 0.5) is 0 Å². The summed E-state index contributed by atoms with van der Waals surface area (Å²) in [6.45, 7) is 7.76. The highest BCUT2D eigenvalue weighted by Gasteiger charge is 2.42. The minimum Gasteiger partial charge on any atom is -0.485 e. The molecule has 0 radical (unpaired) electrons. The number of likely N-dealkylation sites (tertiary alicyclic amines) is 1. The Bertz CT molecular complexity index is 664. The molecule has 0 amide bonds. The van der Waals surface area contributed by atoms with Crippen molar-refractivity contribution in [2.24, 2.45) is 0 Å². The van der Waals surface area contributed by atoms with Crippen LogP contribution in [0.25, 0.3) is 0 Å². The Morgan fingerprint density at radius 3 is 2.65 bits per heavy atom. The highest BCUT2D eigenvalue weighted by atomic mass is 16.6. The van der Waals surface area contributed by atoms with E-state index in [0.29, 0.717) is 17.5 Å². The van der Waals surface area contributed by atoms with Gasteiger partial charge in [0.15, 0.2) is 11.5 Å². The van der Waals surface area contributed by atoms with E-state index in [1.165, 1.54) is 12.7 Å². The number of esters is 1. The monoisotopic (exact) mass is 363 g/mol. The molecule has 0 aromatic heterocycles. The molecule has 26 heavy (non-hydrogen) atoms. The summed E-state index contributed by atoms with van der Waals surface area (Å²) in [7, 11) is 1.34. The quantitative estimate of drug-likeness (QED) is 0.827. The minimum atomic E-state index is -1.11. The maximum absolute atomic E-state index is 11.9. The standard InChI is InChI=1S/C20H29NO5/c1-14(21-9-7-19(2,23)8-10-21)11-15-5-6-16-17(12-15)25-13-20(3,26-16)18(22)24-4/h5-6,12,14,23H,7-11,13H2,1-4H3. The smallest absolute Gasteiger partial charge is 0.353 e. The van der Waals surface area contributed by atoms with Crippen LogP contribution in [0, 0.1) is 0 Å². The first-order valence-corrected chi connectivity index (χ1v) is 9.22. The lowest BCUT2D eigenvalue weighted by Gasteiger charge is -2.39. The Hall–Kier alpha value is -1.79. The molecule has 6 nitrogen and oxygen atoms in total. The molecule has 3 rings (SSSR count). The van der Waals surface area contributed by atoms with Crippen LogP contribution >= 0.6 is 0 Å². The van der Waals surface area contributed by atoms with Crippen LogP contribution in [0.15, 0.2) is 18.2 Å². The zero-order valence-electron chi connectivity index (χ0n) is 16.1. The van der Waals surface area contributed by atoms with Gasteiger partial charge in [-0.1, -0.05) is 6.07 Å². The minimum absolute atomic E-state index is 0.132. The summed E-state index contributed by atoms with van der Waals surface area (Å²) < 4.78 is 16.4. The molecule has 0 aliphatic carbocycles. The Morgan fingerprint density at radius 2 is 2.00 bits per heavy atom. The lowest BCUT2D eigenvalue weighted by molar-refractivity contribution is -0.162. The van der Waals surface area contributed by atoms with E-state index in [9.17, 15) is 9.90 Å².